The molecule has 1 aliphatic carbocycles. The molecule has 2 N–H and O–H groups in total. The molecule has 1 saturated carbocycles. The van der Waals surface area contributed by atoms with E-state index in [1.807, 2.05) is 0 Å². The predicted octanol–water partition coefficient (Wildman–Crippen LogP) is 1.14. The molecule has 0 amide bonds. The average Bonchev–Trinajstić information content (AvgIpc) is 2.83. The molecule has 2 atom stereocenters. The Hall–Kier alpha value is -1.49. The van der Waals surface area contributed by atoms with Crippen molar-refractivity contribution in [3.63, 3.8) is 0 Å². The fourth-order valence-electron chi connectivity index (χ4n) is 2.30. The Morgan fingerprint density at radius 1 is 1.45 bits per heavy atom. The smallest absolute Gasteiger partial charge is 0.240 e. The van der Waals surface area contributed by atoms with Crippen molar-refractivity contribution >= 4 is 10.0 Å². The molecule has 1 aromatic rings. The maximum atomic E-state index is 13.2. The number of aliphatic hydroxyl groups is 1. The van der Waals surface area contributed by atoms with Gasteiger partial charge >= 0.3 is 0 Å². The van der Waals surface area contributed by atoms with Gasteiger partial charge in [0.25, 0.3) is 0 Å². The summed E-state index contributed by atoms with van der Waals surface area (Å²) in [5, 5.41) is 18.1. The minimum absolute atomic E-state index is 0.107. The first-order chi connectivity index (χ1) is 9.42. The number of aliphatic hydroxyl groups excluding tert-OH is 1. The molecule has 5 nitrogen and oxygen atoms in total. The summed E-state index contributed by atoms with van der Waals surface area (Å²) in [5.74, 6) is -0.638. The van der Waals surface area contributed by atoms with Crippen LogP contribution in [0.1, 0.15) is 24.8 Å². The quantitative estimate of drug-likeness (QED) is 0.872. The van der Waals surface area contributed by atoms with Crippen molar-refractivity contribution in [2.75, 3.05) is 6.54 Å². The molecule has 7 heteroatoms. The number of nitrogens with zero attached hydrogens (tertiary/aromatic N) is 1. The van der Waals surface area contributed by atoms with E-state index in [4.69, 9.17) is 5.26 Å². The Labute approximate surface area is 117 Å². The van der Waals surface area contributed by atoms with Crippen molar-refractivity contribution < 1.29 is 17.9 Å². The van der Waals surface area contributed by atoms with E-state index in [2.05, 4.69) is 4.72 Å². The summed E-state index contributed by atoms with van der Waals surface area (Å²) in [6.45, 7) is 0.235. The molecule has 0 heterocycles. The highest BCUT2D eigenvalue weighted by Crippen LogP contribution is 2.25. The van der Waals surface area contributed by atoms with Gasteiger partial charge in [0.2, 0.25) is 10.0 Å². The topological polar surface area (TPSA) is 90.2 Å². The molecule has 0 bridgehead atoms. The Morgan fingerprint density at radius 3 is 2.80 bits per heavy atom. The summed E-state index contributed by atoms with van der Waals surface area (Å²) < 4.78 is 39.7. The predicted molar refractivity (Wildman–Crippen MR) is 69.7 cm³/mol. The number of sulfonamides is 1. The first kappa shape index (κ1) is 14.9. The molecule has 108 valence electrons. The molecule has 1 fully saturated rings. The second-order valence-electron chi connectivity index (χ2n) is 4.94. The van der Waals surface area contributed by atoms with Gasteiger partial charge in [0.15, 0.2) is 0 Å². The van der Waals surface area contributed by atoms with Crippen molar-refractivity contribution in [3.05, 3.63) is 29.6 Å². The van der Waals surface area contributed by atoms with Gasteiger partial charge in [-0.3, -0.25) is 0 Å². The minimum atomic E-state index is -3.76. The van der Waals surface area contributed by atoms with E-state index in [1.54, 1.807) is 6.07 Å². The van der Waals surface area contributed by atoms with Gasteiger partial charge in [-0.2, -0.15) is 5.26 Å². The molecule has 1 aromatic carbocycles. The third kappa shape index (κ3) is 3.33. The van der Waals surface area contributed by atoms with Gasteiger partial charge in [-0.05, 0) is 43.4 Å². The number of halogens is 1. The fourth-order valence-corrected chi connectivity index (χ4v) is 3.44. The zero-order chi connectivity index (χ0) is 14.8. The largest absolute Gasteiger partial charge is 0.393 e. The van der Waals surface area contributed by atoms with Gasteiger partial charge in [-0.25, -0.2) is 17.5 Å². The summed E-state index contributed by atoms with van der Waals surface area (Å²) in [6.07, 6.45) is 1.67. The molecular formula is C13H15FN2O3S. The summed E-state index contributed by atoms with van der Waals surface area (Å²) in [6, 6.07) is 4.72. The van der Waals surface area contributed by atoms with Gasteiger partial charge < -0.3 is 5.11 Å². The maximum Gasteiger partial charge on any atom is 0.240 e. The summed E-state index contributed by atoms with van der Waals surface area (Å²) in [5.41, 5.74) is -0.302. The second-order valence-corrected chi connectivity index (χ2v) is 6.71. The third-order valence-corrected chi connectivity index (χ3v) is 4.87. The third-order valence-electron chi connectivity index (χ3n) is 3.44. The Morgan fingerprint density at radius 2 is 2.20 bits per heavy atom. The van der Waals surface area contributed by atoms with Crippen LogP contribution in [0.25, 0.3) is 0 Å². The highest BCUT2D eigenvalue weighted by atomic mass is 32.2. The van der Waals surface area contributed by atoms with E-state index < -0.39 is 15.8 Å². The maximum absolute atomic E-state index is 13.2. The van der Waals surface area contributed by atoms with E-state index in [0.717, 1.165) is 24.6 Å². The standard InChI is InChI=1S/C13H15FN2O3S/c14-13-4-3-12(6-10(13)7-15)20(18,19)16-8-9-1-2-11(17)5-9/h3-4,6,9,11,16-17H,1-2,5,8H2. The van der Waals surface area contributed by atoms with Gasteiger partial charge in [-0.15, -0.1) is 0 Å². The van der Waals surface area contributed by atoms with Gasteiger partial charge in [0, 0.05) is 6.54 Å². The lowest BCUT2D eigenvalue weighted by molar-refractivity contribution is 0.178. The summed E-state index contributed by atoms with van der Waals surface area (Å²) in [4.78, 5) is -0.131. The van der Waals surface area contributed by atoms with Crippen LogP contribution in [0, 0.1) is 23.1 Å². The van der Waals surface area contributed by atoms with Crippen LogP contribution >= 0.6 is 0 Å². The molecule has 0 radical (unpaired) electrons. The van der Waals surface area contributed by atoms with Crippen LogP contribution in [0.2, 0.25) is 0 Å². The van der Waals surface area contributed by atoms with Gasteiger partial charge in [0.1, 0.15) is 11.9 Å². The molecule has 1 aliphatic rings. The fraction of sp³-hybridized carbons (Fsp3) is 0.462. The second kappa shape index (κ2) is 5.87. The molecule has 20 heavy (non-hydrogen) atoms. The van der Waals surface area contributed by atoms with Crippen molar-refractivity contribution in [2.24, 2.45) is 5.92 Å². The van der Waals surface area contributed by atoms with Crippen LogP contribution in [-0.2, 0) is 10.0 Å². The lowest BCUT2D eigenvalue weighted by Crippen LogP contribution is -2.29. The normalized spacial score (nSPS) is 22.6. The van der Waals surface area contributed by atoms with E-state index >= 15 is 0 Å². The lowest BCUT2D eigenvalue weighted by atomic mass is 10.1. The highest BCUT2D eigenvalue weighted by molar-refractivity contribution is 7.89. The van der Waals surface area contributed by atoms with Crippen LogP contribution in [0.4, 0.5) is 4.39 Å². The minimum Gasteiger partial charge on any atom is -0.393 e. The highest BCUT2D eigenvalue weighted by Gasteiger charge is 2.25. The van der Waals surface area contributed by atoms with Crippen LogP contribution in [0.5, 0.6) is 0 Å². The Balaban J connectivity index is 2.09. The lowest BCUT2D eigenvalue weighted by Gasteiger charge is -2.11. The first-order valence-electron chi connectivity index (χ1n) is 6.30. The van der Waals surface area contributed by atoms with Crippen molar-refractivity contribution in [2.45, 2.75) is 30.3 Å². The monoisotopic (exact) mass is 298 g/mol. The van der Waals surface area contributed by atoms with Crippen molar-refractivity contribution in [3.8, 4) is 6.07 Å². The van der Waals surface area contributed by atoms with Crippen LogP contribution in [-0.4, -0.2) is 26.2 Å². The number of nitrogens with one attached hydrogen (secondary N) is 1. The van der Waals surface area contributed by atoms with Gasteiger partial charge in [0.05, 0.1) is 16.6 Å². The molecule has 0 saturated heterocycles. The summed E-state index contributed by atoms with van der Waals surface area (Å²) >= 11 is 0. The average molecular weight is 298 g/mol. The Kier molecular flexibility index (Phi) is 4.38. The van der Waals surface area contributed by atoms with E-state index in [0.29, 0.717) is 12.8 Å². The summed E-state index contributed by atoms with van der Waals surface area (Å²) in [7, 11) is -3.76. The molecule has 2 unspecified atom stereocenters. The van der Waals surface area contributed by atoms with Gasteiger partial charge in [-0.1, -0.05) is 0 Å². The van der Waals surface area contributed by atoms with Crippen LogP contribution < -0.4 is 4.72 Å². The molecular weight excluding hydrogens is 283 g/mol. The van der Waals surface area contributed by atoms with E-state index in [1.165, 1.54) is 0 Å². The first-order valence-corrected chi connectivity index (χ1v) is 7.78. The van der Waals surface area contributed by atoms with Crippen LogP contribution in [0.3, 0.4) is 0 Å². The SMILES string of the molecule is N#Cc1cc(S(=O)(=O)NCC2CCC(O)C2)ccc1F. The Bertz CT molecular complexity index is 640. The van der Waals surface area contributed by atoms with E-state index in [-0.39, 0.29) is 29.0 Å². The zero-order valence-electron chi connectivity index (χ0n) is 10.7. The number of benzene rings is 1. The van der Waals surface area contributed by atoms with Crippen molar-refractivity contribution in [1.29, 1.82) is 5.26 Å². The molecule has 0 aromatic heterocycles. The van der Waals surface area contributed by atoms with E-state index in [9.17, 15) is 17.9 Å². The molecule has 2 rings (SSSR count). The molecule has 0 spiro atoms. The number of hydrogen-bond donors (Lipinski definition) is 2. The number of hydrogen-bond acceptors (Lipinski definition) is 4. The number of rotatable bonds is 4. The van der Waals surface area contributed by atoms with Crippen molar-refractivity contribution in [1.82, 2.24) is 4.72 Å². The van der Waals surface area contributed by atoms with Crippen LogP contribution in [0.15, 0.2) is 23.1 Å². The number of nitriles is 1. The zero-order valence-corrected chi connectivity index (χ0v) is 11.5. The molecule has 0 aliphatic heterocycles.